The van der Waals surface area contributed by atoms with Crippen LogP contribution in [0.2, 0.25) is 0 Å². The van der Waals surface area contributed by atoms with Crippen LogP contribution in [0, 0.1) is 5.41 Å². The van der Waals surface area contributed by atoms with E-state index in [0.29, 0.717) is 6.54 Å². The summed E-state index contributed by atoms with van der Waals surface area (Å²) >= 11 is 0. The van der Waals surface area contributed by atoms with Crippen LogP contribution in [0.5, 0.6) is 0 Å². The lowest BCUT2D eigenvalue weighted by molar-refractivity contribution is -0.129. The SMILES string of the molecule is CC(CS(C)(=O)=O)NC(=O)C1(C)CCNC1.Cl. The third kappa shape index (κ3) is 5.23. The molecule has 1 aliphatic heterocycles. The summed E-state index contributed by atoms with van der Waals surface area (Å²) < 4.78 is 22.1. The Balaban J connectivity index is 0.00000256. The van der Waals surface area contributed by atoms with Crippen molar-refractivity contribution in [3.05, 3.63) is 0 Å². The highest BCUT2D eigenvalue weighted by Gasteiger charge is 2.36. The van der Waals surface area contributed by atoms with Crippen molar-refractivity contribution < 1.29 is 13.2 Å². The molecule has 0 aromatic rings. The van der Waals surface area contributed by atoms with Crippen LogP contribution in [0.3, 0.4) is 0 Å². The van der Waals surface area contributed by atoms with E-state index in [1.54, 1.807) is 6.92 Å². The van der Waals surface area contributed by atoms with Crippen LogP contribution in [0.15, 0.2) is 0 Å². The fraction of sp³-hybridized carbons (Fsp3) is 0.900. The Morgan fingerprint density at radius 2 is 2.12 bits per heavy atom. The summed E-state index contributed by atoms with van der Waals surface area (Å²) in [6, 6.07) is -0.333. The van der Waals surface area contributed by atoms with Gasteiger partial charge in [-0.05, 0) is 26.8 Å². The quantitative estimate of drug-likeness (QED) is 0.759. The highest BCUT2D eigenvalue weighted by molar-refractivity contribution is 7.90. The third-order valence-electron chi connectivity index (χ3n) is 2.85. The van der Waals surface area contributed by atoms with Crippen LogP contribution >= 0.6 is 12.4 Å². The molecule has 1 amide bonds. The predicted molar refractivity (Wildman–Crippen MR) is 70.2 cm³/mol. The van der Waals surface area contributed by atoms with Crippen LogP contribution in [0.4, 0.5) is 0 Å². The van der Waals surface area contributed by atoms with Gasteiger partial charge in [-0.2, -0.15) is 0 Å². The van der Waals surface area contributed by atoms with E-state index in [4.69, 9.17) is 0 Å². The van der Waals surface area contributed by atoms with Crippen molar-refractivity contribution in [1.82, 2.24) is 10.6 Å². The molecule has 17 heavy (non-hydrogen) atoms. The number of hydrogen-bond acceptors (Lipinski definition) is 4. The molecule has 1 aliphatic rings. The molecule has 2 unspecified atom stereocenters. The van der Waals surface area contributed by atoms with Crippen molar-refractivity contribution >= 4 is 28.2 Å². The second kappa shape index (κ2) is 6.02. The van der Waals surface area contributed by atoms with Crippen LogP contribution in [-0.4, -0.2) is 45.5 Å². The van der Waals surface area contributed by atoms with Crippen molar-refractivity contribution in [2.24, 2.45) is 5.41 Å². The number of carbonyl (C=O) groups excluding carboxylic acids is 1. The van der Waals surface area contributed by atoms with E-state index in [9.17, 15) is 13.2 Å². The standard InChI is InChI=1S/C10H20N2O3S.ClH/c1-8(6-16(3,14)15)12-9(13)10(2)4-5-11-7-10;/h8,11H,4-7H2,1-3H3,(H,12,13);1H. The van der Waals surface area contributed by atoms with Gasteiger partial charge in [-0.25, -0.2) is 8.42 Å². The van der Waals surface area contributed by atoms with Gasteiger partial charge >= 0.3 is 0 Å². The number of halogens is 1. The van der Waals surface area contributed by atoms with Gasteiger partial charge in [-0.1, -0.05) is 0 Å². The average molecular weight is 285 g/mol. The minimum atomic E-state index is -3.04. The van der Waals surface area contributed by atoms with E-state index in [-0.39, 0.29) is 30.1 Å². The van der Waals surface area contributed by atoms with Gasteiger partial charge in [-0.15, -0.1) is 12.4 Å². The molecule has 7 heteroatoms. The van der Waals surface area contributed by atoms with Gasteiger partial charge in [0.05, 0.1) is 11.2 Å². The number of carbonyl (C=O) groups is 1. The Labute approximate surface area is 109 Å². The maximum Gasteiger partial charge on any atom is 0.227 e. The monoisotopic (exact) mass is 284 g/mol. The summed E-state index contributed by atoms with van der Waals surface area (Å²) in [4.78, 5) is 11.9. The lowest BCUT2D eigenvalue weighted by atomic mass is 9.88. The third-order valence-corrected chi connectivity index (χ3v) is 3.95. The molecular formula is C10H21ClN2O3S. The minimum absolute atomic E-state index is 0. The Bertz CT molecular complexity index is 364. The minimum Gasteiger partial charge on any atom is -0.352 e. The van der Waals surface area contributed by atoms with Crippen LogP contribution < -0.4 is 10.6 Å². The molecule has 0 bridgehead atoms. The molecule has 0 radical (unpaired) electrons. The van der Waals surface area contributed by atoms with E-state index < -0.39 is 15.3 Å². The Morgan fingerprint density at radius 3 is 2.53 bits per heavy atom. The van der Waals surface area contributed by atoms with Crippen LogP contribution in [-0.2, 0) is 14.6 Å². The van der Waals surface area contributed by atoms with E-state index in [1.165, 1.54) is 6.26 Å². The fourth-order valence-corrected chi connectivity index (χ4v) is 2.90. The molecule has 5 nitrogen and oxygen atoms in total. The van der Waals surface area contributed by atoms with Crippen molar-refractivity contribution in [3.8, 4) is 0 Å². The van der Waals surface area contributed by atoms with E-state index in [1.807, 2.05) is 6.92 Å². The molecule has 1 rings (SSSR count). The molecular weight excluding hydrogens is 264 g/mol. The first-order chi connectivity index (χ1) is 7.23. The first-order valence-corrected chi connectivity index (χ1v) is 7.48. The molecule has 1 fully saturated rings. The number of nitrogens with one attached hydrogen (secondary N) is 2. The van der Waals surface area contributed by atoms with Gasteiger partial charge in [-0.3, -0.25) is 4.79 Å². The smallest absolute Gasteiger partial charge is 0.227 e. The summed E-state index contributed by atoms with van der Waals surface area (Å²) in [5.41, 5.74) is -0.397. The van der Waals surface area contributed by atoms with Crippen LogP contribution in [0.25, 0.3) is 0 Å². The molecule has 0 aromatic heterocycles. The summed E-state index contributed by atoms with van der Waals surface area (Å²) in [6.07, 6.45) is 1.97. The molecule has 0 saturated carbocycles. The second-order valence-corrected chi connectivity index (χ2v) is 7.14. The average Bonchev–Trinajstić information content (AvgIpc) is 2.49. The fourth-order valence-electron chi connectivity index (χ4n) is 1.90. The predicted octanol–water partition coefficient (Wildman–Crippen LogP) is -0.0429. The molecule has 1 heterocycles. The highest BCUT2D eigenvalue weighted by atomic mass is 35.5. The maximum atomic E-state index is 11.9. The number of amides is 1. The lowest BCUT2D eigenvalue weighted by Crippen LogP contribution is -2.46. The number of sulfone groups is 1. The normalized spacial score (nSPS) is 26.1. The first kappa shape index (κ1) is 16.7. The molecule has 0 aliphatic carbocycles. The van der Waals surface area contributed by atoms with Crippen molar-refractivity contribution in [2.45, 2.75) is 26.3 Å². The zero-order chi connectivity index (χ0) is 12.4. The molecule has 0 aromatic carbocycles. The van der Waals surface area contributed by atoms with Gasteiger partial charge in [0, 0.05) is 18.8 Å². The summed E-state index contributed by atoms with van der Waals surface area (Å²) in [5, 5.41) is 5.90. The molecule has 2 atom stereocenters. The molecule has 102 valence electrons. The maximum absolute atomic E-state index is 11.9. The van der Waals surface area contributed by atoms with E-state index in [0.717, 1.165) is 13.0 Å². The van der Waals surface area contributed by atoms with Crippen molar-refractivity contribution in [1.29, 1.82) is 0 Å². The summed E-state index contributed by atoms with van der Waals surface area (Å²) in [7, 11) is -3.04. The Hall–Kier alpha value is -0.330. The summed E-state index contributed by atoms with van der Waals surface area (Å²) in [6.45, 7) is 5.11. The van der Waals surface area contributed by atoms with Crippen molar-refractivity contribution in [2.75, 3.05) is 25.1 Å². The topological polar surface area (TPSA) is 75.3 Å². The molecule has 1 saturated heterocycles. The summed E-state index contributed by atoms with van der Waals surface area (Å²) in [5.74, 6) is -0.0731. The Kier molecular flexibility index (Phi) is 5.90. The van der Waals surface area contributed by atoms with Gasteiger partial charge in [0.2, 0.25) is 5.91 Å². The van der Waals surface area contributed by atoms with Gasteiger partial charge < -0.3 is 10.6 Å². The van der Waals surface area contributed by atoms with E-state index in [2.05, 4.69) is 10.6 Å². The highest BCUT2D eigenvalue weighted by Crippen LogP contribution is 2.24. The number of rotatable bonds is 4. The zero-order valence-corrected chi connectivity index (χ0v) is 12.1. The molecule has 0 spiro atoms. The first-order valence-electron chi connectivity index (χ1n) is 5.42. The zero-order valence-electron chi connectivity index (χ0n) is 10.4. The van der Waals surface area contributed by atoms with Gasteiger partial charge in [0.1, 0.15) is 9.84 Å². The van der Waals surface area contributed by atoms with Crippen LogP contribution in [0.1, 0.15) is 20.3 Å². The second-order valence-electron chi connectivity index (χ2n) is 4.95. The lowest BCUT2D eigenvalue weighted by Gasteiger charge is -2.24. The number of hydrogen-bond donors (Lipinski definition) is 2. The largest absolute Gasteiger partial charge is 0.352 e. The van der Waals surface area contributed by atoms with Gasteiger partial charge in [0.15, 0.2) is 0 Å². The van der Waals surface area contributed by atoms with E-state index >= 15 is 0 Å². The molecule has 2 N–H and O–H groups in total. The van der Waals surface area contributed by atoms with Gasteiger partial charge in [0.25, 0.3) is 0 Å². The Morgan fingerprint density at radius 1 is 1.53 bits per heavy atom. The van der Waals surface area contributed by atoms with Crippen molar-refractivity contribution in [3.63, 3.8) is 0 Å².